The van der Waals surface area contributed by atoms with Crippen molar-refractivity contribution in [2.45, 2.75) is 12.5 Å². The first kappa shape index (κ1) is 14.5. The number of halogens is 1. The molecule has 4 heteroatoms. The first-order valence-electron chi connectivity index (χ1n) is 7.42. The third kappa shape index (κ3) is 2.56. The van der Waals surface area contributed by atoms with E-state index in [-0.39, 0.29) is 11.8 Å². The molecular weight excluding hydrogens is 326 g/mol. The van der Waals surface area contributed by atoms with E-state index >= 15 is 0 Å². The predicted molar refractivity (Wildman–Crippen MR) is 95.2 cm³/mol. The second-order valence-electron chi connectivity index (χ2n) is 5.56. The number of fused-ring (bicyclic) bond motifs is 1. The Kier molecular flexibility index (Phi) is 3.68. The highest BCUT2D eigenvalue weighted by Gasteiger charge is 2.38. The zero-order valence-electron chi connectivity index (χ0n) is 12.3. The second-order valence-corrected chi connectivity index (χ2v) is 6.98. The van der Waals surface area contributed by atoms with Crippen molar-refractivity contribution in [3.05, 3.63) is 87.1 Å². The molecular formula is C19H14ClNOS. The van der Waals surface area contributed by atoms with E-state index in [9.17, 15) is 4.79 Å². The van der Waals surface area contributed by atoms with Gasteiger partial charge < -0.3 is 4.90 Å². The van der Waals surface area contributed by atoms with Gasteiger partial charge in [-0.05, 0) is 40.8 Å². The first-order chi connectivity index (χ1) is 11.2. The van der Waals surface area contributed by atoms with Gasteiger partial charge in [-0.3, -0.25) is 4.79 Å². The molecule has 4 rings (SSSR count). The van der Waals surface area contributed by atoms with Crippen LogP contribution >= 0.6 is 22.9 Å². The highest BCUT2D eigenvalue weighted by atomic mass is 35.5. The minimum atomic E-state index is -0.243. The number of carbonyl (C=O) groups excluding carboxylic acids is 1. The fourth-order valence-electron chi connectivity index (χ4n) is 3.07. The molecule has 1 aliphatic rings. The molecule has 0 aliphatic carbocycles. The average molecular weight is 340 g/mol. The largest absolute Gasteiger partial charge is 0.307 e. The minimum Gasteiger partial charge on any atom is -0.307 e. The van der Waals surface area contributed by atoms with E-state index in [0.717, 1.165) is 21.7 Å². The van der Waals surface area contributed by atoms with Crippen molar-refractivity contribution in [2.24, 2.45) is 0 Å². The Hall–Kier alpha value is -2.10. The summed E-state index contributed by atoms with van der Waals surface area (Å²) in [5.74, 6) is -0.124. The van der Waals surface area contributed by atoms with Crippen molar-refractivity contribution in [2.75, 3.05) is 4.90 Å². The Morgan fingerprint density at radius 1 is 1.04 bits per heavy atom. The molecule has 1 atom stereocenters. The summed E-state index contributed by atoms with van der Waals surface area (Å²) in [4.78, 5) is 16.0. The van der Waals surface area contributed by atoms with E-state index in [1.54, 1.807) is 11.3 Å². The quantitative estimate of drug-likeness (QED) is 0.651. The molecule has 0 N–H and O–H groups in total. The number of hydrogen-bond acceptors (Lipinski definition) is 2. The SMILES string of the molecule is O=C1C(c2cccs2)c2cc(Cl)ccc2N1Cc1ccccc1. The maximum absolute atomic E-state index is 13.1. The van der Waals surface area contributed by atoms with Gasteiger partial charge in [0.2, 0.25) is 5.91 Å². The van der Waals surface area contributed by atoms with Crippen LogP contribution < -0.4 is 4.90 Å². The van der Waals surface area contributed by atoms with Crippen LogP contribution in [0.15, 0.2) is 66.0 Å². The molecule has 0 bridgehead atoms. The van der Waals surface area contributed by atoms with Crippen LogP contribution in [0.2, 0.25) is 5.02 Å². The summed E-state index contributed by atoms with van der Waals surface area (Å²) >= 11 is 7.79. The van der Waals surface area contributed by atoms with E-state index in [0.29, 0.717) is 11.6 Å². The summed E-state index contributed by atoms with van der Waals surface area (Å²) in [6.07, 6.45) is 0. The molecule has 1 aliphatic heterocycles. The van der Waals surface area contributed by atoms with Crippen LogP contribution in [0, 0.1) is 0 Å². The number of hydrogen-bond donors (Lipinski definition) is 0. The number of rotatable bonds is 3. The van der Waals surface area contributed by atoms with E-state index in [2.05, 4.69) is 0 Å². The zero-order valence-corrected chi connectivity index (χ0v) is 13.8. The molecule has 2 heterocycles. The normalized spacial score (nSPS) is 16.7. The maximum Gasteiger partial charge on any atom is 0.240 e. The third-order valence-corrected chi connectivity index (χ3v) is 5.29. The van der Waals surface area contributed by atoms with Crippen molar-refractivity contribution in [1.82, 2.24) is 0 Å². The molecule has 1 amide bonds. The molecule has 2 aromatic carbocycles. The molecule has 0 saturated carbocycles. The highest BCUT2D eigenvalue weighted by Crippen LogP contribution is 2.44. The Morgan fingerprint density at radius 2 is 1.87 bits per heavy atom. The summed E-state index contributed by atoms with van der Waals surface area (Å²) in [6.45, 7) is 0.580. The van der Waals surface area contributed by atoms with Crippen LogP contribution in [0.1, 0.15) is 21.9 Å². The van der Waals surface area contributed by atoms with Gasteiger partial charge in [-0.2, -0.15) is 0 Å². The third-order valence-electron chi connectivity index (χ3n) is 4.12. The van der Waals surface area contributed by atoms with Gasteiger partial charge in [0.15, 0.2) is 0 Å². The Bertz CT molecular complexity index is 845. The number of thiophene rings is 1. The standard InChI is InChI=1S/C19H14ClNOS/c20-14-8-9-16-15(11-14)18(17-7-4-10-23-17)19(22)21(16)12-13-5-2-1-3-6-13/h1-11,18H,12H2. The van der Waals surface area contributed by atoms with E-state index in [4.69, 9.17) is 11.6 Å². The zero-order chi connectivity index (χ0) is 15.8. The number of anilines is 1. The summed E-state index contributed by atoms with van der Waals surface area (Å²) in [5, 5.41) is 2.67. The number of amides is 1. The van der Waals surface area contributed by atoms with Crippen LogP contribution in [0.4, 0.5) is 5.69 Å². The van der Waals surface area contributed by atoms with Crippen LogP contribution in [-0.4, -0.2) is 5.91 Å². The Balaban J connectivity index is 1.78. The van der Waals surface area contributed by atoms with E-state index in [1.807, 2.05) is 70.9 Å². The molecule has 1 unspecified atom stereocenters. The summed E-state index contributed by atoms with van der Waals surface area (Å²) in [7, 11) is 0. The summed E-state index contributed by atoms with van der Waals surface area (Å²) < 4.78 is 0. The van der Waals surface area contributed by atoms with Gasteiger partial charge in [-0.1, -0.05) is 48.0 Å². The number of nitrogens with zero attached hydrogens (tertiary/aromatic N) is 1. The Labute approximate surface area is 143 Å². The molecule has 0 radical (unpaired) electrons. The summed E-state index contributed by atoms with van der Waals surface area (Å²) in [6, 6.07) is 19.8. The van der Waals surface area contributed by atoms with Crippen molar-refractivity contribution in [1.29, 1.82) is 0 Å². The molecule has 2 nitrogen and oxygen atoms in total. The van der Waals surface area contributed by atoms with Crippen LogP contribution in [0.3, 0.4) is 0 Å². The molecule has 23 heavy (non-hydrogen) atoms. The predicted octanol–water partition coefficient (Wildman–Crippen LogP) is 5.08. The molecule has 3 aromatic rings. The van der Waals surface area contributed by atoms with Gasteiger partial charge in [-0.25, -0.2) is 0 Å². The monoisotopic (exact) mass is 339 g/mol. The van der Waals surface area contributed by atoms with Crippen LogP contribution in [-0.2, 0) is 11.3 Å². The molecule has 1 aromatic heterocycles. The van der Waals surface area contributed by atoms with Gasteiger partial charge in [-0.15, -0.1) is 11.3 Å². The molecule has 114 valence electrons. The second kappa shape index (κ2) is 5.84. The lowest BCUT2D eigenvalue weighted by atomic mass is 9.99. The van der Waals surface area contributed by atoms with Crippen molar-refractivity contribution in [3.8, 4) is 0 Å². The van der Waals surface area contributed by atoms with E-state index < -0.39 is 0 Å². The minimum absolute atomic E-state index is 0.119. The van der Waals surface area contributed by atoms with Gasteiger partial charge in [0, 0.05) is 15.6 Å². The average Bonchev–Trinajstić information content (AvgIpc) is 3.16. The Morgan fingerprint density at radius 3 is 2.61 bits per heavy atom. The van der Waals surface area contributed by atoms with E-state index in [1.165, 1.54) is 0 Å². The van der Waals surface area contributed by atoms with Crippen molar-refractivity contribution >= 4 is 34.5 Å². The molecule has 0 spiro atoms. The van der Waals surface area contributed by atoms with Gasteiger partial charge >= 0.3 is 0 Å². The van der Waals surface area contributed by atoms with Crippen LogP contribution in [0.25, 0.3) is 0 Å². The fourth-order valence-corrected chi connectivity index (χ4v) is 4.09. The molecule has 0 fully saturated rings. The van der Waals surface area contributed by atoms with Crippen molar-refractivity contribution in [3.63, 3.8) is 0 Å². The molecule has 0 saturated heterocycles. The number of benzene rings is 2. The first-order valence-corrected chi connectivity index (χ1v) is 8.68. The lowest BCUT2D eigenvalue weighted by Crippen LogP contribution is -2.28. The fraction of sp³-hybridized carbons (Fsp3) is 0.105. The highest BCUT2D eigenvalue weighted by molar-refractivity contribution is 7.10. The summed E-state index contributed by atoms with van der Waals surface area (Å²) in [5.41, 5.74) is 3.08. The maximum atomic E-state index is 13.1. The van der Waals surface area contributed by atoms with Gasteiger partial charge in [0.05, 0.1) is 12.5 Å². The smallest absolute Gasteiger partial charge is 0.240 e. The topological polar surface area (TPSA) is 20.3 Å². The van der Waals surface area contributed by atoms with Gasteiger partial charge in [0.25, 0.3) is 0 Å². The van der Waals surface area contributed by atoms with Crippen LogP contribution in [0.5, 0.6) is 0 Å². The lowest BCUT2D eigenvalue weighted by Gasteiger charge is -2.18. The van der Waals surface area contributed by atoms with Crippen molar-refractivity contribution < 1.29 is 4.79 Å². The lowest BCUT2D eigenvalue weighted by molar-refractivity contribution is -0.118. The number of carbonyl (C=O) groups is 1. The van der Waals surface area contributed by atoms with Gasteiger partial charge in [0.1, 0.15) is 0 Å².